The Labute approximate surface area is 163 Å². The molecule has 0 amide bonds. The molecule has 7 nitrogen and oxygen atoms in total. The highest BCUT2D eigenvalue weighted by Crippen LogP contribution is 2.29. The van der Waals surface area contributed by atoms with Crippen LogP contribution in [0.1, 0.15) is 53.4 Å². The van der Waals surface area contributed by atoms with E-state index < -0.39 is 10.4 Å². The maximum atomic E-state index is 11.7. The van der Waals surface area contributed by atoms with Crippen molar-refractivity contribution >= 4 is 19.2 Å². The summed E-state index contributed by atoms with van der Waals surface area (Å²) in [6.07, 6.45) is 4.09. The number of nitrogens with zero attached hydrogens (tertiary/aromatic N) is 3. The quantitative estimate of drug-likeness (QED) is 0.219. The number of hydrogen-bond acceptors (Lipinski definition) is 7. The molecule has 0 aromatic heterocycles. The molecule has 0 aliphatic carbocycles. The SMILES string of the molecule is CCCCOS(=O)(=O)OPCCCC(N(C)CC)(N(C)CC)N(C)CC. The lowest BCUT2D eigenvalue weighted by molar-refractivity contribution is -0.141. The molecule has 1 atom stereocenters. The molecule has 0 aliphatic heterocycles. The first kappa shape index (κ1) is 26.2. The second kappa shape index (κ2) is 13.4. The van der Waals surface area contributed by atoms with Crippen LogP contribution in [0.15, 0.2) is 0 Å². The van der Waals surface area contributed by atoms with Crippen molar-refractivity contribution in [3.8, 4) is 0 Å². The van der Waals surface area contributed by atoms with E-state index in [0.29, 0.717) is 12.6 Å². The van der Waals surface area contributed by atoms with Crippen LogP contribution in [0.3, 0.4) is 0 Å². The molecule has 0 saturated carbocycles. The molecule has 0 spiro atoms. The van der Waals surface area contributed by atoms with E-state index in [4.69, 9.17) is 8.15 Å². The van der Waals surface area contributed by atoms with Gasteiger partial charge in [-0.1, -0.05) is 34.1 Å². The Morgan fingerprint density at radius 2 is 1.38 bits per heavy atom. The van der Waals surface area contributed by atoms with E-state index in [1.807, 2.05) is 6.92 Å². The summed E-state index contributed by atoms with van der Waals surface area (Å²) in [7, 11) is 2.47. The molecule has 0 aliphatic rings. The monoisotopic (exact) mass is 413 g/mol. The first-order valence-corrected chi connectivity index (χ1v) is 12.1. The molecule has 0 aromatic rings. The van der Waals surface area contributed by atoms with Crippen molar-refractivity contribution in [2.75, 3.05) is 53.5 Å². The molecule has 0 fully saturated rings. The molecule has 9 heteroatoms. The van der Waals surface area contributed by atoms with Gasteiger partial charge in [0.05, 0.1) is 6.61 Å². The van der Waals surface area contributed by atoms with Crippen molar-refractivity contribution < 1.29 is 16.6 Å². The Balaban J connectivity index is 4.72. The van der Waals surface area contributed by atoms with Crippen LogP contribution in [-0.2, 0) is 18.6 Å². The molecule has 0 rings (SSSR count). The third-order valence-corrected chi connectivity index (χ3v) is 7.24. The minimum atomic E-state index is -3.85. The molecular weight excluding hydrogens is 373 g/mol. The van der Waals surface area contributed by atoms with Gasteiger partial charge in [0, 0.05) is 8.81 Å². The summed E-state index contributed by atoms with van der Waals surface area (Å²) < 4.78 is 33.1. The predicted molar refractivity (Wildman–Crippen MR) is 111 cm³/mol. The minimum Gasteiger partial charge on any atom is -0.276 e. The summed E-state index contributed by atoms with van der Waals surface area (Å²) >= 11 is 0. The van der Waals surface area contributed by atoms with Gasteiger partial charge in [-0.2, -0.15) is 8.42 Å². The van der Waals surface area contributed by atoms with Gasteiger partial charge in [0.25, 0.3) is 0 Å². The standard InChI is InChI=1S/C17H40N3O4PS/c1-8-12-15-23-26(21,22)24-25-16-13-14-17(18(5)9-2,19(6)10-3)20(7)11-4/h25H,8-16H2,1-7H3. The smallest absolute Gasteiger partial charge is 0.276 e. The topological polar surface area (TPSA) is 62.3 Å². The van der Waals surface area contributed by atoms with Gasteiger partial charge >= 0.3 is 10.4 Å². The second-order valence-corrected chi connectivity index (χ2v) is 8.99. The molecule has 0 bridgehead atoms. The van der Waals surface area contributed by atoms with E-state index in [0.717, 1.165) is 38.9 Å². The summed E-state index contributed by atoms with van der Waals surface area (Å²) in [6.45, 7) is 11.5. The number of rotatable bonds is 16. The van der Waals surface area contributed by atoms with Crippen molar-refractivity contribution in [3.05, 3.63) is 0 Å². The van der Waals surface area contributed by atoms with Gasteiger partial charge < -0.3 is 0 Å². The van der Waals surface area contributed by atoms with Gasteiger partial charge in [0.2, 0.25) is 0 Å². The van der Waals surface area contributed by atoms with Crippen LogP contribution in [0.5, 0.6) is 0 Å². The first-order valence-electron chi connectivity index (χ1n) is 9.66. The molecule has 26 heavy (non-hydrogen) atoms. The van der Waals surface area contributed by atoms with Crippen molar-refractivity contribution in [1.82, 2.24) is 14.7 Å². The van der Waals surface area contributed by atoms with Crippen LogP contribution in [0, 0.1) is 0 Å². The lowest BCUT2D eigenvalue weighted by atomic mass is 10.1. The maximum Gasteiger partial charge on any atom is 0.402 e. The fourth-order valence-corrected chi connectivity index (χ4v) is 4.79. The van der Waals surface area contributed by atoms with Crippen molar-refractivity contribution in [3.63, 3.8) is 0 Å². The molecule has 0 N–H and O–H groups in total. The van der Waals surface area contributed by atoms with E-state index in [1.54, 1.807) is 0 Å². The van der Waals surface area contributed by atoms with Crippen molar-refractivity contribution in [2.24, 2.45) is 0 Å². The van der Waals surface area contributed by atoms with Gasteiger partial charge in [-0.05, 0) is 66.2 Å². The predicted octanol–water partition coefficient (Wildman–Crippen LogP) is 2.95. The first-order chi connectivity index (χ1) is 12.2. The number of hydrogen-bond donors (Lipinski definition) is 0. The summed E-state index contributed by atoms with van der Waals surface area (Å²) in [4.78, 5) is 7.07. The third-order valence-electron chi connectivity index (χ3n) is 4.93. The summed E-state index contributed by atoms with van der Waals surface area (Å²) in [5.74, 6) is -0.181. The van der Waals surface area contributed by atoms with Crippen LogP contribution in [0.25, 0.3) is 0 Å². The van der Waals surface area contributed by atoms with Gasteiger partial charge in [0.15, 0.2) is 0 Å². The Morgan fingerprint density at radius 1 is 0.885 bits per heavy atom. The minimum absolute atomic E-state index is 0.104. The van der Waals surface area contributed by atoms with E-state index >= 15 is 0 Å². The van der Waals surface area contributed by atoms with E-state index in [9.17, 15) is 8.42 Å². The Morgan fingerprint density at radius 3 is 1.81 bits per heavy atom. The summed E-state index contributed by atoms with van der Waals surface area (Å²) in [5.41, 5.74) is 0. The molecule has 0 saturated heterocycles. The Bertz CT molecular complexity index is 438. The highest BCUT2D eigenvalue weighted by Gasteiger charge is 2.40. The zero-order chi connectivity index (χ0) is 20.2. The average molecular weight is 414 g/mol. The van der Waals surface area contributed by atoms with Gasteiger partial charge in [-0.15, -0.1) is 0 Å². The highest BCUT2D eigenvalue weighted by atomic mass is 32.3. The van der Waals surface area contributed by atoms with E-state index in [-0.39, 0.29) is 21.2 Å². The average Bonchev–Trinajstić information content (AvgIpc) is 2.62. The third kappa shape index (κ3) is 8.05. The Hall–Kier alpha value is 0.180. The molecular formula is C17H40N3O4PS. The molecule has 1 unspecified atom stereocenters. The zero-order valence-electron chi connectivity index (χ0n) is 17.7. The largest absolute Gasteiger partial charge is 0.402 e. The molecule has 0 radical (unpaired) electrons. The molecule has 0 aromatic carbocycles. The van der Waals surface area contributed by atoms with Crippen LogP contribution in [0.2, 0.25) is 0 Å². The number of unbranched alkanes of at least 4 members (excludes halogenated alkanes) is 1. The summed E-state index contributed by atoms with van der Waals surface area (Å²) in [5, 5.41) is 0. The van der Waals surface area contributed by atoms with Gasteiger partial charge in [0.1, 0.15) is 5.79 Å². The molecule has 158 valence electrons. The van der Waals surface area contributed by atoms with E-state index in [1.165, 1.54) is 0 Å². The van der Waals surface area contributed by atoms with Gasteiger partial charge in [-0.25, -0.2) is 8.15 Å². The fraction of sp³-hybridized carbons (Fsp3) is 1.00. The lowest BCUT2D eigenvalue weighted by Crippen LogP contribution is -2.67. The summed E-state index contributed by atoms with van der Waals surface area (Å²) in [6, 6.07) is 0. The molecule has 0 heterocycles. The zero-order valence-corrected chi connectivity index (χ0v) is 19.6. The van der Waals surface area contributed by atoms with E-state index in [2.05, 4.69) is 56.6 Å². The van der Waals surface area contributed by atoms with Crippen LogP contribution >= 0.6 is 8.81 Å². The fourth-order valence-electron chi connectivity index (χ4n) is 3.05. The maximum absolute atomic E-state index is 11.7. The highest BCUT2D eigenvalue weighted by molar-refractivity contribution is 7.85. The lowest BCUT2D eigenvalue weighted by Gasteiger charge is -2.53. The normalized spacial score (nSPS) is 13.8. The van der Waals surface area contributed by atoms with Crippen LogP contribution in [0.4, 0.5) is 0 Å². The van der Waals surface area contributed by atoms with Crippen molar-refractivity contribution in [1.29, 1.82) is 0 Å². The van der Waals surface area contributed by atoms with Crippen LogP contribution < -0.4 is 0 Å². The Kier molecular flexibility index (Phi) is 13.5. The second-order valence-electron chi connectivity index (χ2n) is 6.48. The van der Waals surface area contributed by atoms with Crippen LogP contribution in [-0.4, -0.2) is 82.5 Å². The van der Waals surface area contributed by atoms with Crippen molar-refractivity contribution in [2.45, 2.75) is 59.2 Å². The van der Waals surface area contributed by atoms with Gasteiger partial charge in [-0.3, -0.25) is 14.7 Å².